The second-order valence-corrected chi connectivity index (χ2v) is 7.69. The van der Waals surface area contributed by atoms with Crippen molar-refractivity contribution in [3.05, 3.63) is 53.5 Å². The summed E-state index contributed by atoms with van der Waals surface area (Å²) >= 11 is 0. The molecule has 0 unspecified atom stereocenters. The SMILES string of the molecule is COc1cccc(C(=O)N2CCN(c3nccn4nc5c(c34)CCCC5)CC2)c1. The fourth-order valence-corrected chi connectivity index (χ4v) is 4.44. The van der Waals surface area contributed by atoms with Gasteiger partial charge in [0.25, 0.3) is 5.91 Å². The third kappa shape index (κ3) is 3.20. The molecule has 29 heavy (non-hydrogen) atoms. The molecular formula is C22H25N5O2. The molecule has 150 valence electrons. The molecule has 2 aromatic heterocycles. The van der Waals surface area contributed by atoms with E-state index >= 15 is 0 Å². The van der Waals surface area contributed by atoms with Crippen LogP contribution in [0.4, 0.5) is 5.82 Å². The van der Waals surface area contributed by atoms with Crippen molar-refractivity contribution in [1.29, 1.82) is 0 Å². The topological polar surface area (TPSA) is 63.0 Å². The number of methoxy groups -OCH3 is 1. The predicted molar refractivity (Wildman–Crippen MR) is 111 cm³/mol. The van der Waals surface area contributed by atoms with Gasteiger partial charge in [-0.25, -0.2) is 9.50 Å². The Hall–Kier alpha value is -3.09. The minimum absolute atomic E-state index is 0.0523. The summed E-state index contributed by atoms with van der Waals surface area (Å²) in [6.07, 6.45) is 8.33. The molecule has 5 rings (SSSR count). The lowest BCUT2D eigenvalue weighted by Crippen LogP contribution is -2.49. The zero-order valence-corrected chi connectivity index (χ0v) is 16.7. The molecule has 3 heterocycles. The number of carbonyl (C=O) groups excluding carboxylic acids is 1. The molecule has 1 fully saturated rings. The highest BCUT2D eigenvalue weighted by Gasteiger charge is 2.26. The number of hydrogen-bond acceptors (Lipinski definition) is 5. The predicted octanol–water partition coefficient (Wildman–Crippen LogP) is 2.58. The third-order valence-corrected chi connectivity index (χ3v) is 5.98. The van der Waals surface area contributed by atoms with Gasteiger partial charge in [-0.1, -0.05) is 6.07 Å². The van der Waals surface area contributed by atoms with Crippen LogP contribution in [-0.2, 0) is 12.8 Å². The van der Waals surface area contributed by atoms with Gasteiger partial charge < -0.3 is 14.5 Å². The van der Waals surface area contributed by atoms with Crippen LogP contribution in [0.3, 0.4) is 0 Å². The van der Waals surface area contributed by atoms with E-state index < -0.39 is 0 Å². The van der Waals surface area contributed by atoms with Crippen molar-refractivity contribution in [1.82, 2.24) is 19.5 Å². The summed E-state index contributed by atoms with van der Waals surface area (Å²) < 4.78 is 7.24. The highest BCUT2D eigenvalue weighted by molar-refractivity contribution is 5.94. The minimum atomic E-state index is 0.0523. The lowest BCUT2D eigenvalue weighted by atomic mass is 9.97. The minimum Gasteiger partial charge on any atom is -0.497 e. The Labute approximate surface area is 169 Å². The van der Waals surface area contributed by atoms with Crippen LogP contribution in [0.15, 0.2) is 36.7 Å². The third-order valence-electron chi connectivity index (χ3n) is 5.98. The van der Waals surface area contributed by atoms with Crippen molar-refractivity contribution in [2.75, 3.05) is 38.2 Å². The number of carbonyl (C=O) groups is 1. The van der Waals surface area contributed by atoms with Crippen LogP contribution in [0.5, 0.6) is 5.75 Å². The average molecular weight is 391 g/mol. The maximum Gasteiger partial charge on any atom is 0.254 e. The van der Waals surface area contributed by atoms with Gasteiger partial charge in [0.1, 0.15) is 11.3 Å². The van der Waals surface area contributed by atoms with Gasteiger partial charge in [0.15, 0.2) is 5.82 Å². The molecule has 0 radical (unpaired) electrons. The molecule has 0 spiro atoms. The van der Waals surface area contributed by atoms with E-state index in [0.29, 0.717) is 24.4 Å². The number of rotatable bonds is 3. The van der Waals surface area contributed by atoms with Crippen LogP contribution in [0.25, 0.3) is 5.52 Å². The van der Waals surface area contributed by atoms with Gasteiger partial charge in [-0.2, -0.15) is 5.10 Å². The van der Waals surface area contributed by atoms with E-state index in [1.54, 1.807) is 13.2 Å². The van der Waals surface area contributed by atoms with Crippen molar-refractivity contribution < 1.29 is 9.53 Å². The summed E-state index contributed by atoms with van der Waals surface area (Å²) in [6, 6.07) is 7.36. The van der Waals surface area contributed by atoms with Gasteiger partial charge in [-0.3, -0.25) is 4.79 Å². The second kappa shape index (κ2) is 7.39. The zero-order chi connectivity index (χ0) is 19.8. The molecular weight excluding hydrogens is 366 g/mol. The lowest BCUT2D eigenvalue weighted by molar-refractivity contribution is 0.0746. The number of aromatic nitrogens is 3. The molecule has 0 N–H and O–H groups in total. The number of amides is 1. The van der Waals surface area contributed by atoms with Crippen LogP contribution in [0.2, 0.25) is 0 Å². The first-order valence-corrected chi connectivity index (χ1v) is 10.3. The Kier molecular flexibility index (Phi) is 4.58. The first kappa shape index (κ1) is 18.0. The van der Waals surface area contributed by atoms with Crippen molar-refractivity contribution >= 4 is 17.2 Å². The van der Waals surface area contributed by atoms with E-state index in [1.165, 1.54) is 24.1 Å². The fraction of sp³-hybridized carbons (Fsp3) is 0.409. The molecule has 1 aliphatic carbocycles. The number of fused-ring (bicyclic) bond motifs is 3. The van der Waals surface area contributed by atoms with E-state index in [2.05, 4.69) is 4.90 Å². The van der Waals surface area contributed by atoms with Gasteiger partial charge in [-0.05, 0) is 43.9 Å². The Morgan fingerprint density at radius 2 is 1.93 bits per heavy atom. The molecule has 0 atom stereocenters. The summed E-state index contributed by atoms with van der Waals surface area (Å²) in [6.45, 7) is 2.88. The Morgan fingerprint density at radius 1 is 1.10 bits per heavy atom. The van der Waals surface area contributed by atoms with Gasteiger partial charge in [0.2, 0.25) is 0 Å². The first-order chi connectivity index (χ1) is 14.2. The van der Waals surface area contributed by atoms with Crippen molar-refractivity contribution in [2.45, 2.75) is 25.7 Å². The number of ether oxygens (including phenoxy) is 1. The fourth-order valence-electron chi connectivity index (χ4n) is 4.44. The molecule has 1 amide bonds. The molecule has 2 aliphatic rings. The van der Waals surface area contributed by atoms with Crippen molar-refractivity contribution in [3.63, 3.8) is 0 Å². The van der Waals surface area contributed by atoms with Crippen LogP contribution < -0.4 is 9.64 Å². The zero-order valence-electron chi connectivity index (χ0n) is 16.7. The second-order valence-electron chi connectivity index (χ2n) is 7.69. The molecule has 7 nitrogen and oxygen atoms in total. The quantitative estimate of drug-likeness (QED) is 0.687. The van der Waals surface area contributed by atoms with Crippen molar-refractivity contribution in [3.8, 4) is 5.75 Å². The number of anilines is 1. The normalized spacial score (nSPS) is 16.7. The standard InChI is InChI=1S/C22H25N5O2/c1-29-17-6-4-5-16(15-17)22(28)26-13-11-25(12-14-26)21-20-18-7-2-3-8-19(18)24-27(20)10-9-23-21/h4-6,9-10,15H,2-3,7-8,11-14H2,1H3. The van der Waals surface area contributed by atoms with Gasteiger partial charge in [0, 0.05) is 49.7 Å². The smallest absolute Gasteiger partial charge is 0.254 e. The number of piperazine rings is 1. The largest absolute Gasteiger partial charge is 0.497 e. The first-order valence-electron chi connectivity index (χ1n) is 10.3. The van der Waals surface area contributed by atoms with E-state index in [-0.39, 0.29) is 5.91 Å². The van der Waals surface area contributed by atoms with Gasteiger partial charge in [-0.15, -0.1) is 0 Å². The average Bonchev–Trinajstić information content (AvgIpc) is 3.17. The number of aryl methyl sites for hydroxylation is 2. The van der Waals surface area contributed by atoms with Crippen LogP contribution in [-0.4, -0.2) is 58.7 Å². The van der Waals surface area contributed by atoms with Gasteiger partial charge in [0.05, 0.1) is 12.8 Å². The molecule has 1 aliphatic heterocycles. The highest BCUT2D eigenvalue weighted by Crippen LogP contribution is 2.30. The molecule has 0 bridgehead atoms. The summed E-state index contributed by atoms with van der Waals surface area (Å²) in [5, 5.41) is 4.78. The van der Waals surface area contributed by atoms with Crippen LogP contribution in [0.1, 0.15) is 34.5 Å². The lowest BCUT2D eigenvalue weighted by Gasteiger charge is -2.35. The van der Waals surface area contributed by atoms with E-state index in [4.69, 9.17) is 14.8 Å². The van der Waals surface area contributed by atoms with Gasteiger partial charge >= 0.3 is 0 Å². The summed E-state index contributed by atoms with van der Waals surface area (Å²) in [4.78, 5) is 21.8. The Morgan fingerprint density at radius 3 is 2.76 bits per heavy atom. The monoisotopic (exact) mass is 391 g/mol. The van der Waals surface area contributed by atoms with E-state index in [0.717, 1.165) is 37.3 Å². The van der Waals surface area contributed by atoms with E-state index in [1.807, 2.05) is 40.0 Å². The number of benzene rings is 1. The Balaban J connectivity index is 1.36. The number of hydrogen-bond donors (Lipinski definition) is 0. The molecule has 1 saturated heterocycles. The number of nitrogens with zero attached hydrogens (tertiary/aromatic N) is 5. The molecule has 3 aromatic rings. The highest BCUT2D eigenvalue weighted by atomic mass is 16.5. The maximum atomic E-state index is 12.9. The maximum absolute atomic E-state index is 12.9. The summed E-state index contributed by atoms with van der Waals surface area (Å²) in [5.74, 6) is 1.75. The van der Waals surface area contributed by atoms with Crippen LogP contribution in [0, 0.1) is 0 Å². The molecule has 7 heteroatoms. The Bertz CT molecular complexity index is 1050. The van der Waals surface area contributed by atoms with Crippen molar-refractivity contribution in [2.24, 2.45) is 0 Å². The van der Waals surface area contributed by atoms with Crippen LogP contribution >= 0.6 is 0 Å². The van der Waals surface area contributed by atoms with E-state index in [9.17, 15) is 4.79 Å². The molecule has 0 saturated carbocycles. The summed E-state index contributed by atoms with van der Waals surface area (Å²) in [5.41, 5.74) is 4.39. The summed E-state index contributed by atoms with van der Waals surface area (Å²) in [7, 11) is 1.62. The molecule has 1 aromatic carbocycles.